The minimum atomic E-state index is -4.50. The van der Waals surface area contributed by atoms with E-state index < -0.39 is 22.9 Å². The number of ether oxygens (including phenoxy) is 1. The highest BCUT2D eigenvalue weighted by Crippen LogP contribution is 2.44. The molecule has 1 aromatic carbocycles. The van der Waals surface area contributed by atoms with Crippen molar-refractivity contribution in [2.45, 2.75) is 18.5 Å². The van der Waals surface area contributed by atoms with Crippen molar-refractivity contribution >= 4 is 16.9 Å². The Balaban J connectivity index is 2.06. The second-order valence-corrected chi connectivity index (χ2v) is 6.16. The van der Waals surface area contributed by atoms with Crippen LogP contribution in [0.5, 0.6) is 0 Å². The number of nitrogens with one attached hydrogen (secondary N) is 1. The second-order valence-electron chi connectivity index (χ2n) is 5.09. The van der Waals surface area contributed by atoms with Crippen LogP contribution < -0.4 is 0 Å². The second kappa shape index (κ2) is 6.31. The fourth-order valence-corrected chi connectivity index (χ4v) is 3.48. The molecule has 0 amide bonds. The molecule has 1 aliphatic rings. The van der Waals surface area contributed by atoms with Crippen molar-refractivity contribution in [3.8, 4) is 0 Å². The zero-order valence-electron chi connectivity index (χ0n) is 12.1. The Morgan fingerprint density at radius 3 is 2.54 bits per heavy atom. The number of aromatic nitrogens is 1. The van der Waals surface area contributed by atoms with Crippen LogP contribution >= 0.6 is 11.3 Å². The maximum Gasteiger partial charge on any atom is 0.443 e. The van der Waals surface area contributed by atoms with E-state index in [0.29, 0.717) is 33.8 Å². The Morgan fingerprint density at radius 1 is 1.25 bits per heavy atom. The summed E-state index contributed by atoms with van der Waals surface area (Å²) < 4.78 is 56.9. The smallest absolute Gasteiger partial charge is 0.443 e. The van der Waals surface area contributed by atoms with Crippen LogP contribution in [0.1, 0.15) is 27.8 Å². The van der Waals surface area contributed by atoms with E-state index in [4.69, 9.17) is 10.3 Å². The number of benzene rings is 1. The van der Waals surface area contributed by atoms with Gasteiger partial charge in [0, 0.05) is 22.6 Å². The molecule has 0 fully saturated rings. The molecule has 0 radical (unpaired) electrons. The van der Waals surface area contributed by atoms with Gasteiger partial charge in [-0.25, -0.2) is 14.9 Å². The van der Waals surface area contributed by atoms with Crippen LogP contribution in [-0.4, -0.2) is 11.6 Å². The molecule has 2 aromatic rings. The third-order valence-corrected chi connectivity index (χ3v) is 4.75. The van der Waals surface area contributed by atoms with Gasteiger partial charge in [0.1, 0.15) is 5.82 Å². The van der Waals surface area contributed by atoms with Crippen molar-refractivity contribution in [1.29, 1.82) is 5.53 Å². The molecule has 1 aliphatic heterocycles. The lowest BCUT2D eigenvalue weighted by Gasteiger charge is -2.26. The van der Waals surface area contributed by atoms with Gasteiger partial charge in [0.2, 0.25) is 5.88 Å². The maximum absolute atomic E-state index is 13.1. The number of thiazole rings is 1. The predicted octanol–water partition coefficient (Wildman–Crippen LogP) is 5.20. The molecule has 3 rings (SSSR count). The summed E-state index contributed by atoms with van der Waals surface area (Å²) in [4.78, 5) is 3.86. The summed E-state index contributed by atoms with van der Waals surface area (Å²) in [6.07, 6.45) is -2.89. The van der Waals surface area contributed by atoms with Gasteiger partial charge in [-0.1, -0.05) is 12.1 Å². The Bertz CT molecular complexity index is 783. The van der Waals surface area contributed by atoms with Gasteiger partial charge >= 0.3 is 6.18 Å². The zero-order chi connectivity index (χ0) is 17.3. The summed E-state index contributed by atoms with van der Waals surface area (Å²) in [5.41, 5.74) is 8.27. The zero-order valence-corrected chi connectivity index (χ0v) is 12.9. The van der Waals surface area contributed by atoms with Crippen LogP contribution in [-0.2, 0) is 10.9 Å². The highest BCUT2D eigenvalue weighted by molar-refractivity contribution is 7.11. The first-order valence-corrected chi connectivity index (χ1v) is 7.75. The summed E-state index contributed by atoms with van der Waals surface area (Å²) in [5.74, 6) is -0.851. The fourth-order valence-electron chi connectivity index (χ4n) is 2.55. The first kappa shape index (κ1) is 16.6. The first-order chi connectivity index (χ1) is 11.4. The van der Waals surface area contributed by atoms with Crippen molar-refractivity contribution in [3.05, 3.63) is 57.6 Å². The number of hydrogen-bond acceptors (Lipinski definition) is 5. The molecule has 0 spiro atoms. The summed E-state index contributed by atoms with van der Waals surface area (Å²) >= 11 is 0.558. The fraction of sp³-hybridized carbons (Fsp3) is 0.267. The van der Waals surface area contributed by atoms with Gasteiger partial charge in [0.25, 0.3) is 0 Å². The van der Waals surface area contributed by atoms with E-state index in [-0.39, 0.29) is 12.5 Å². The van der Waals surface area contributed by atoms with E-state index in [2.05, 4.69) is 10.1 Å². The standard InChI is InChI=1S/C15H11F4N3OS/c16-9-3-1-8(2-4-9)12-10(5-6-23-13(12)22-20)11-7-21-14(24-11)15(17,18)19/h1-4,7,10,20H,5-6H2. The van der Waals surface area contributed by atoms with Crippen LogP contribution in [0.2, 0.25) is 0 Å². The summed E-state index contributed by atoms with van der Waals surface area (Å²) in [6.45, 7) is 0.228. The van der Waals surface area contributed by atoms with Gasteiger partial charge in [-0.05, 0) is 24.1 Å². The highest BCUT2D eigenvalue weighted by atomic mass is 32.1. The highest BCUT2D eigenvalue weighted by Gasteiger charge is 2.37. The third-order valence-electron chi connectivity index (χ3n) is 3.59. The Morgan fingerprint density at radius 2 is 1.96 bits per heavy atom. The van der Waals surface area contributed by atoms with E-state index in [0.717, 1.165) is 0 Å². The molecule has 1 aromatic heterocycles. The van der Waals surface area contributed by atoms with Crippen LogP contribution in [0.3, 0.4) is 0 Å². The van der Waals surface area contributed by atoms with E-state index in [1.54, 1.807) is 0 Å². The van der Waals surface area contributed by atoms with Crippen molar-refractivity contribution in [2.75, 3.05) is 6.61 Å². The number of allylic oxidation sites excluding steroid dienone is 1. The van der Waals surface area contributed by atoms with Gasteiger partial charge < -0.3 is 4.74 Å². The SMILES string of the molecule is N=NC1=C(c2ccc(F)cc2)C(c2cnc(C(F)(F)F)s2)CCO1. The Kier molecular flexibility index (Phi) is 4.35. The molecule has 0 saturated heterocycles. The molecule has 4 nitrogen and oxygen atoms in total. The quantitative estimate of drug-likeness (QED) is 0.606. The number of nitrogens with zero attached hydrogens (tertiary/aromatic N) is 2. The molecular weight excluding hydrogens is 346 g/mol. The average molecular weight is 357 g/mol. The predicted molar refractivity (Wildman–Crippen MR) is 78.9 cm³/mol. The number of rotatable bonds is 3. The molecule has 0 saturated carbocycles. The summed E-state index contributed by atoms with van der Waals surface area (Å²) in [7, 11) is 0. The van der Waals surface area contributed by atoms with Gasteiger partial charge in [0.05, 0.1) is 6.61 Å². The van der Waals surface area contributed by atoms with Gasteiger partial charge in [-0.3, -0.25) is 0 Å². The molecule has 126 valence electrons. The van der Waals surface area contributed by atoms with Gasteiger partial charge in [0.15, 0.2) is 5.01 Å². The van der Waals surface area contributed by atoms with Crippen LogP contribution in [0.4, 0.5) is 17.6 Å². The summed E-state index contributed by atoms with van der Waals surface area (Å²) in [5, 5.41) is 2.41. The molecular formula is C15H11F4N3OS. The lowest BCUT2D eigenvalue weighted by atomic mass is 9.88. The molecule has 0 aliphatic carbocycles. The molecule has 24 heavy (non-hydrogen) atoms. The lowest BCUT2D eigenvalue weighted by Crippen LogP contribution is -2.14. The number of hydrogen-bond donors (Lipinski definition) is 1. The Labute approximate surface area is 138 Å². The van der Waals surface area contributed by atoms with E-state index in [1.165, 1.54) is 30.5 Å². The van der Waals surface area contributed by atoms with Crippen LogP contribution in [0, 0.1) is 11.3 Å². The van der Waals surface area contributed by atoms with Crippen molar-refractivity contribution < 1.29 is 22.3 Å². The van der Waals surface area contributed by atoms with E-state index >= 15 is 0 Å². The van der Waals surface area contributed by atoms with Gasteiger partial charge in [-0.15, -0.1) is 16.5 Å². The molecule has 1 unspecified atom stereocenters. The molecule has 1 atom stereocenters. The third kappa shape index (κ3) is 3.16. The lowest BCUT2D eigenvalue weighted by molar-refractivity contribution is -0.137. The molecule has 1 N–H and O–H groups in total. The first-order valence-electron chi connectivity index (χ1n) is 6.93. The molecule has 0 bridgehead atoms. The number of halogens is 4. The van der Waals surface area contributed by atoms with Crippen molar-refractivity contribution in [2.24, 2.45) is 5.11 Å². The molecule has 2 heterocycles. The topological polar surface area (TPSA) is 58.3 Å². The normalized spacial score (nSPS) is 18.4. The Hall–Kier alpha value is -2.29. The largest absolute Gasteiger partial charge is 0.476 e. The monoisotopic (exact) mass is 357 g/mol. The van der Waals surface area contributed by atoms with Gasteiger partial charge in [-0.2, -0.15) is 13.2 Å². The minimum Gasteiger partial charge on any atom is -0.476 e. The number of alkyl halides is 3. The van der Waals surface area contributed by atoms with Crippen LogP contribution in [0.25, 0.3) is 5.57 Å². The summed E-state index contributed by atoms with van der Waals surface area (Å²) in [6, 6.07) is 5.46. The van der Waals surface area contributed by atoms with Crippen molar-refractivity contribution in [3.63, 3.8) is 0 Å². The van der Waals surface area contributed by atoms with Crippen molar-refractivity contribution in [1.82, 2.24) is 4.98 Å². The van der Waals surface area contributed by atoms with E-state index in [9.17, 15) is 17.6 Å². The van der Waals surface area contributed by atoms with Crippen LogP contribution in [0.15, 0.2) is 41.5 Å². The maximum atomic E-state index is 13.1. The minimum absolute atomic E-state index is 0.0276. The van der Waals surface area contributed by atoms with E-state index in [1.807, 2.05) is 0 Å². The average Bonchev–Trinajstić information content (AvgIpc) is 3.05. The molecule has 9 heteroatoms.